The summed E-state index contributed by atoms with van der Waals surface area (Å²) in [7, 11) is 0. The zero-order chi connectivity index (χ0) is 18.5. The van der Waals surface area contributed by atoms with E-state index >= 15 is 0 Å². The van der Waals surface area contributed by atoms with E-state index in [0.717, 1.165) is 12.0 Å². The van der Waals surface area contributed by atoms with Crippen molar-refractivity contribution in [3.63, 3.8) is 0 Å². The highest BCUT2D eigenvalue weighted by Gasteiger charge is 2.33. The molecule has 1 aromatic carbocycles. The SMILES string of the molecule is C=CC[C@@H]1CC=C[C@@H](c2ccccc2)N1C(=O)c1cnc(SC)[nH]c1=O. The lowest BCUT2D eigenvalue weighted by molar-refractivity contribution is 0.0600. The molecule has 0 fully saturated rings. The Balaban J connectivity index is 2.03. The van der Waals surface area contributed by atoms with Crippen LogP contribution >= 0.6 is 11.8 Å². The molecule has 1 N–H and O–H groups in total. The topological polar surface area (TPSA) is 66.1 Å². The average Bonchev–Trinajstić information content (AvgIpc) is 2.68. The normalized spacial score (nSPS) is 19.3. The number of H-pyrrole nitrogens is 1. The molecule has 0 unspecified atom stereocenters. The molecule has 5 nitrogen and oxygen atoms in total. The Morgan fingerprint density at radius 2 is 2.19 bits per heavy atom. The molecule has 0 aliphatic carbocycles. The largest absolute Gasteiger partial charge is 0.324 e. The van der Waals surface area contributed by atoms with Crippen LogP contribution in [-0.2, 0) is 0 Å². The molecule has 3 rings (SSSR count). The number of benzene rings is 1. The van der Waals surface area contributed by atoms with E-state index in [0.29, 0.717) is 11.6 Å². The van der Waals surface area contributed by atoms with Gasteiger partial charge in [-0.05, 0) is 24.7 Å². The number of rotatable bonds is 5. The molecule has 2 aromatic rings. The number of carbonyl (C=O) groups excluding carboxylic acids is 1. The van der Waals surface area contributed by atoms with Gasteiger partial charge < -0.3 is 9.88 Å². The first-order chi connectivity index (χ1) is 12.7. The molecule has 1 aliphatic rings. The van der Waals surface area contributed by atoms with Crippen LogP contribution in [0.25, 0.3) is 0 Å². The number of aromatic amines is 1. The number of amides is 1. The molecule has 134 valence electrons. The van der Waals surface area contributed by atoms with E-state index in [4.69, 9.17) is 0 Å². The van der Waals surface area contributed by atoms with Crippen molar-refractivity contribution in [2.75, 3.05) is 6.26 Å². The van der Waals surface area contributed by atoms with Gasteiger partial charge >= 0.3 is 0 Å². The number of nitrogens with zero attached hydrogens (tertiary/aromatic N) is 2. The maximum Gasteiger partial charge on any atom is 0.264 e. The minimum Gasteiger partial charge on any atom is -0.324 e. The second-order valence-electron chi connectivity index (χ2n) is 6.05. The number of thioether (sulfide) groups is 1. The van der Waals surface area contributed by atoms with Crippen molar-refractivity contribution in [1.82, 2.24) is 14.9 Å². The third-order valence-corrected chi connectivity index (χ3v) is 5.03. The smallest absolute Gasteiger partial charge is 0.264 e. The molecule has 0 bridgehead atoms. The van der Waals surface area contributed by atoms with Gasteiger partial charge in [0.05, 0.1) is 6.04 Å². The van der Waals surface area contributed by atoms with Crippen molar-refractivity contribution in [3.05, 3.63) is 82.8 Å². The van der Waals surface area contributed by atoms with Gasteiger partial charge in [-0.2, -0.15) is 0 Å². The molecule has 0 saturated carbocycles. The summed E-state index contributed by atoms with van der Waals surface area (Å²) >= 11 is 1.33. The Bertz CT molecular complexity index is 876. The van der Waals surface area contributed by atoms with E-state index in [2.05, 4.69) is 22.6 Å². The lowest BCUT2D eigenvalue weighted by atomic mass is 9.94. The lowest BCUT2D eigenvalue weighted by Crippen LogP contribution is -2.45. The Morgan fingerprint density at radius 1 is 1.42 bits per heavy atom. The fourth-order valence-corrected chi connectivity index (χ4v) is 3.54. The molecule has 1 aliphatic heterocycles. The van der Waals surface area contributed by atoms with Crippen molar-refractivity contribution in [1.29, 1.82) is 0 Å². The monoisotopic (exact) mass is 367 g/mol. The summed E-state index contributed by atoms with van der Waals surface area (Å²) in [5, 5.41) is 0.493. The maximum absolute atomic E-state index is 13.3. The van der Waals surface area contributed by atoms with Crippen LogP contribution in [0.1, 0.15) is 34.8 Å². The highest BCUT2D eigenvalue weighted by atomic mass is 32.2. The third kappa shape index (κ3) is 3.65. The van der Waals surface area contributed by atoms with E-state index in [1.807, 2.05) is 48.7 Å². The van der Waals surface area contributed by atoms with Crippen LogP contribution in [0, 0.1) is 0 Å². The molecule has 1 amide bonds. The zero-order valence-electron chi connectivity index (χ0n) is 14.6. The predicted octanol–water partition coefficient (Wildman–Crippen LogP) is 3.58. The number of carbonyl (C=O) groups is 1. The van der Waals surface area contributed by atoms with Gasteiger partial charge in [0.2, 0.25) is 0 Å². The van der Waals surface area contributed by atoms with Crippen LogP contribution in [0.5, 0.6) is 0 Å². The summed E-state index contributed by atoms with van der Waals surface area (Å²) in [6, 6.07) is 9.56. The number of hydrogen-bond donors (Lipinski definition) is 1. The van der Waals surface area contributed by atoms with Crippen LogP contribution in [0.15, 0.2) is 71.3 Å². The van der Waals surface area contributed by atoms with Crippen LogP contribution < -0.4 is 5.56 Å². The first kappa shape index (κ1) is 18.2. The van der Waals surface area contributed by atoms with Gasteiger partial charge in [-0.1, -0.05) is 60.3 Å². The Kier molecular flexibility index (Phi) is 5.73. The highest BCUT2D eigenvalue weighted by Crippen LogP contribution is 2.32. The molecule has 26 heavy (non-hydrogen) atoms. The van der Waals surface area contributed by atoms with Gasteiger partial charge in [-0.15, -0.1) is 6.58 Å². The molecule has 2 heterocycles. The van der Waals surface area contributed by atoms with Crippen LogP contribution in [0.3, 0.4) is 0 Å². The average molecular weight is 367 g/mol. The second kappa shape index (κ2) is 8.19. The third-order valence-electron chi connectivity index (χ3n) is 4.43. The van der Waals surface area contributed by atoms with Crippen LogP contribution in [-0.4, -0.2) is 33.1 Å². The van der Waals surface area contributed by atoms with Gasteiger partial charge in [0.25, 0.3) is 11.5 Å². The van der Waals surface area contributed by atoms with Gasteiger partial charge in [-0.3, -0.25) is 9.59 Å². The van der Waals surface area contributed by atoms with Crippen LogP contribution in [0.2, 0.25) is 0 Å². The van der Waals surface area contributed by atoms with Crippen molar-refractivity contribution in [2.24, 2.45) is 0 Å². The molecular weight excluding hydrogens is 346 g/mol. The van der Waals surface area contributed by atoms with E-state index in [1.54, 1.807) is 4.90 Å². The van der Waals surface area contributed by atoms with Gasteiger partial charge in [0.15, 0.2) is 5.16 Å². The fraction of sp³-hybridized carbons (Fsp3) is 0.250. The number of nitrogens with one attached hydrogen (secondary N) is 1. The second-order valence-corrected chi connectivity index (χ2v) is 6.84. The lowest BCUT2D eigenvalue weighted by Gasteiger charge is -2.39. The fourth-order valence-electron chi connectivity index (χ4n) is 3.19. The molecule has 6 heteroatoms. The van der Waals surface area contributed by atoms with E-state index in [-0.39, 0.29) is 23.6 Å². The van der Waals surface area contributed by atoms with Crippen molar-refractivity contribution in [2.45, 2.75) is 30.1 Å². The molecule has 0 spiro atoms. The highest BCUT2D eigenvalue weighted by molar-refractivity contribution is 7.98. The Hall–Kier alpha value is -2.60. The minimum absolute atomic E-state index is 0.0465. The molecule has 2 atom stereocenters. The Labute approximate surface area is 156 Å². The van der Waals surface area contributed by atoms with Crippen molar-refractivity contribution >= 4 is 17.7 Å². The van der Waals surface area contributed by atoms with Crippen molar-refractivity contribution < 1.29 is 4.79 Å². The zero-order valence-corrected chi connectivity index (χ0v) is 15.4. The summed E-state index contributed by atoms with van der Waals surface area (Å²) < 4.78 is 0. The van der Waals surface area contributed by atoms with E-state index in [9.17, 15) is 9.59 Å². The first-order valence-electron chi connectivity index (χ1n) is 8.44. The maximum atomic E-state index is 13.3. The first-order valence-corrected chi connectivity index (χ1v) is 9.66. The molecule has 1 aromatic heterocycles. The summed E-state index contributed by atoms with van der Waals surface area (Å²) in [6.45, 7) is 3.81. The van der Waals surface area contributed by atoms with E-state index < -0.39 is 5.56 Å². The summed E-state index contributed by atoms with van der Waals surface area (Å²) in [5.41, 5.74) is 0.664. The van der Waals surface area contributed by atoms with Gasteiger partial charge in [0, 0.05) is 12.2 Å². The number of hydrogen-bond acceptors (Lipinski definition) is 4. The van der Waals surface area contributed by atoms with Crippen molar-refractivity contribution in [3.8, 4) is 0 Å². The minimum atomic E-state index is -0.409. The quantitative estimate of drug-likeness (QED) is 0.498. The summed E-state index contributed by atoms with van der Waals surface area (Å²) in [6.07, 6.45) is 10.5. The predicted molar refractivity (Wildman–Crippen MR) is 104 cm³/mol. The standard InChI is InChI=1S/C20H21N3O2S/c1-3-8-15-11-7-12-17(14-9-5-4-6-10-14)23(15)19(25)16-13-21-20(26-2)22-18(16)24/h3-7,9-10,12-13,15,17H,1,8,11H2,2H3,(H,21,22,24)/t15-,17+/m1/s1. The summed E-state index contributed by atoms with van der Waals surface area (Å²) in [5.74, 6) is -0.309. The number of aromatic nitrogens is 2. The molecular formula is C20H21N3O2S. The summed E-state index contributed by atoms with van der Waals surface area (Å²) in [4.78, 5) is 34.3. The van der Waals surface area contributed by atoms with Crippen LogP contribution in [0.4, 0.5) is 0 Å². The molecule has 0 radical (unpaired) electrons. The Morgan fingerprint density at radius 3 is 2.85 bits per heavy atom. The van der Waals surface area contributed by atoms with Gasteiger partial charge in [0.1, 0.15) is 5.56 Å². The van der Waals surface area contributed by atoms with E-state index in [1.165, 1.54) is 18.0 Å². The van der Waals surface area contributed by atoms with Gasteiger partial charge in [-0.25, -0.2) is 4.98 Å². The molecule has 0 saturated heterocycles.